The quantitative estimate of drug-likeness (QED) is 0.248. The maximum atomic E-state index is 13.5. The fourth-order valence-corrected chi connectivity index (χ4v) is 9.57. The van der Waals surface area contributed by atoms with Gasteiger partial charge in [-0.05, 0) is 36.2 Å². The lowest BCUT2D eigenvalue weighted by Gasteiger charge is -2.43. The van der Waals surface area contributed by atoms with Gasteiger partial charge in [-0.1, -0.05) is 112 Å². The van der Waals surface area contributed by atoms with E-state index in [4.69, 9.17) is 13.9 Å². The van der Waals surface area contributed by atoms with E-state index in [1.165, 1.54) is 17.5 Å². The molecule has 6 nitrogen and oxygen atoms in total. The second-order valence-electron chi connectivity index (χ2n) is 11.1. The molecule has 0 unspecified atom stereocenters. The minimum atomic E-state index is -2.76. The molecule has 0 aliphatic carbocycles. The van der Waals surface area contributed by atoms with E-state index in [-0.39, 0.29) is 11.1 Å². The first-order valence-corrected chi connectivity index (χ1v) is 15.3. The zero-order valence-corrected chi connectivity index (χ0v) is 25.1. The number of carbonyl (C=O) groups excluding carboxylic acids is 2. The minimum absolute atomic E-state index is 0.182. The Kier molecular flexibility index (Phi) is 9.75. The summed E-state index contributed by atoms with van der Waals surface area (Å²) in [6, 6.07) is 29.5. The highest BCUT2D eigenvalue weighted by Gasteiger charge is 2.50. The fourth-order valence-electron chi connectivity index (χ4n) is 5.02. The van der Waals surface area contributed by atoms with Gasteiger partial charge < -0.3 is 18.8 Å². The van der Waals surface area contributed by atoms with Crippen LogP contribution in [0.25, 0.3) is 0 Å². The van der Waals surface area contributed by atoms with E-state index in [2.05, 4.69) is 45.0 Å². The fraction of sp³-hybridized carbons (Fsp3) is 0.375. The lowest BCUT2D eigenvalue weighted by Crippen LogP contribution is -2.67. The van der Waals surface area contributed by atoms with Crippen LogP contribution >= 0.6 is 0 Å². The second-order valence-corrected chi connectivity index (χ2v) is 15.4. The van der Waals surface area contributed by atoms with Gasteiger partial charge in [0.25, 0.3) is 8.32 Å². The highest BCUT2D eigenvalue weighted by atomic mass is 28.4. The predicted octanol–water partition coefficient (Wildman–Crippen LogP) is 5.50. The Morgan fingerprint density at radius 2 is 1.26 bits per heavy atom. The van der Waals surface area contributed by atoms with Gasteiger partial charge in [-0.25, -0.2) is 9.59 Å². The van der Waals surface area contributed by atoms with Crippen molar-refractivity contribution >= 4 is 30.8 Å². The maximum Gasteiger partial charge on any atom is 0.411 e. The third kappa shape index (κ3) is 6.42. The third-order valence-electron chi connectivity index (χ3n) is 7.12. The highest BCUT2D eigenvalue weighted by Crippen LogP contribution is 2.37. The second kappa shape index (κ2) is 12.6. The number of esters is 1. The number of methoxy groups -OCH3 is 1. The highest BCUT2D eigenvalue weighted by molar-refractivity contribution is 6.99. The van der Waals surface area contributed by atoms with Gasteiger partial charge in [-0.3, -0.25) is 0 Å². The molecule has 0 aliphatic rings. The third-order valence-corrected chi connectivity index (χ3v) is 12.2. The van der Waals surface area contributed by atoms with E-state index in [1.807, 2.05) is 56.3 Å². The molecule has 0 N–H and O–H groups in total. The molecule has 3 aromatic carbocycles. The number of benzene rings is 3. The van der Waals surface area contributed by atoms with Crippen molar-refractivity contribution in [1.82, 2.24) is 4.90 Å². The van der Waals surface area contributed by atoms with E-state index in [0.717, 1.165) is 0 Å². The number of ether oxygens (including phenoxy) is 2. The summed E-state index contributed by atoms with van der Waals surface area (Å²) in [5.41, 5.74) is -1.04. The van der Waals surface area contributed by atoms with Crippen LogP contribution in [0.3, 0.4) is 0 Å². The van der Waals surface area contributed by atoms with Crippen LogP contribution in [0.5, 0.6) is 0 Å². The Morgan fingerprint density at radius 1 is 0.795 bits per heavy atom. The van der Waals surface area contributed by atoms with Crippen molar-refractivity contribution in [2.24, 2.45) is 0 Å². The van der Waals surface area contributed by atoms with Crippen LogP contribution in [0.2, 0.25) is 5.04 Å². The summed E-state index contributed by atoms with van der Waals surface area (Å²) in [4.78, 5) is 27.9. The monoisotopic (exact) mass is 547 g/mol. The summed E-state index contributed by atoms with van der Waals surface area (Å²) in [6.07, 6.45) is -0.604. The Balaban J connectivity index is 1.90. The van der Waals surface area contributed by atoms with E-state index < -0.39 is 26.0 Å². The molecule has 0 saturated carbocycles. The molecule has 3 rings (SSSR count). The Hall–Kier alpha value is -3.42. The van der Waals surface area contributed by atoms with E-state index >= 15 is 0 Å². The summed E-state index contributed by atoms with van der Waals surface area (Å²) in [5.74, 6) is -0.644. The molecule has 1 atom stereocenters. The molecule has 0 spiro atoms. The van der Waals surface area contributed by atoms with E-state index in [9.17, 15) is 9.59 Å². The summed E-state index contributed by atoms with van der Waals surface area (Å²) >= 11 is 0. The standard InChI is InChI=1S/C32H41NO5Si/c1-25(2)33(30(35)38-32(6,29(34)36-7)26-17-11-8-12-18-26)23-24-37-39(31(3,4)5,27-19-13-9-14-20-27)28-21-15-10-16-22-28/h8-22,25H,23-24H2,1-7H3/t32-/m1/s1. The van der Waals surface area contributed by atoms with Crippen LogP contribution in [-0.4, -0.2) is 51.6 Å². The number of hydrogen-bond acceptors (Lipinski definition) is 5. The van der Waals surface area contributed by atoms with Crippen LogP contribution in [0.15, 0.2) is 91.0 Å². The number of amides is 1. The Morgan fingerprint density at radius 3 is 1.67 bits per heavy atom. The molecule has 39 heavy (non-hydrogen) atoms. The summed E-state index contributed by atoms with van der Waals surface area (Å²) in [7, 11) is -1.47. The molecule has 0 fully saturated rings. The van der Waals surface area contributed by atoms with Crippen molar-refractivity contribution in [1.29, 1.82) is 0 Å². The average Bonchev–Trinajstić information content (AvgIpc) is 2.93. The average molecular weight is 548 g/mol. The topological polar surface area (TPSA) is 65.1 Å². The van der Waals surface area contributed by atoms with Gasteiger partial charge in [0.1, 0.15) is 0 Å². The molecular formula is C32H41NO5Si. The molecule has 0 aromatic heterocycles. The number of carbonyl (C=O) groups is 2. The normalized spacial score (nSPS) is 13.4. The van der Waals surface area contributed by atoms with Crippen molar-refractivity contribution in [2.45, 2.75) is 58.2 Å². The first-order valence-electron chi connectivity index (χ1n) is 13.4. The molecule has 0 bridgehead atoms. The lowest BCUT2D eigenvalue weighted by atomic mass is 9.96. The van der Waals surface area contributed by atoms with Crippen LogP contribution in [0.4, 0.5) is 4.79 Å². The van der Waals surface area contributed by atoms with E-state index in [1.54, 1.807) is 36.1 Å². The largest absolute Gasteiger partial charge is 0.466 e. The lowest BCUT2D eigenvalue weighted by molar-refractivity contribution is -0.163. The van der Waals surface area contributed by atoms with Crippen LogP contribution in [0, 0.1) is 0 Å². The SMILES string of the molecule is COC(=O)[C@](C)(OC(=O)N(CCO[Si](c1ccccc1)(c1ccccc1)C(C)(C)C)C(C)C)c1ccccc1. The zero-order valence-electron chi connectivity index (χ0n) is 24.1. The van der Waals surface area contributed by atoms with Crippen molar-refractivity contribution in [2.75, 3.05) is 20.3 Å². The van der Waals surface area contributed by atoms with Crippen molar-refractivity contribution in [3.63, 3.8) is 0 Å². The van der Waals surface area contributed by atoms with Gasteiger partial charge in [0.05, 0.1) is 13.7 Å². The van der Waals surface area contributed by atoms with Crippen molar-refractivity contribution in [3.05, 3.63) is 96.6 Å². The van der Waals surface area contributed by atoms with Crippen molar-refractivity contribution < 1.29 is 23.5 Å². The summed E-state index contributed by atoms with van der Waals surface area (Å²) in [6.45, 7) is 12.7. The molecule has 0 radical (unpaired) electrons. The van der Waals surface area contributed by atoms with Gasteiger partial charge in [0.2, 0.25) is 5.60 Å². The Labute approximate surface area is 234 Å². The molecule has 0 aliphatic heterocycles. The number of hydrogen-bond donors (Lipinski definition) is 0. The molecule has 1 amide bonds. The molecule has 208 valence electrons. The number of rotatable bonds is 10. The molecule has 7 heteroatoms. The molecular weight excluding hydrogens is 506 g/mol. The van der Waals surface area contributed by atoms with Gasteiger partial charge in [-0.2, -0.15) is 0 Å². The van der Waals surface area contributed by atoms with Crippen LogP contribution in [0.1, 0.15) is 47.1 Å². The van der Waals surface area contributed by atoms with Gasteiger partial charge in [0.15, 0.2) is 0 Å². The first-order chi connectivity index (χ1) is 18.5. The number of nitrogens with zero attached hydrogens (tertiary/aromatic N) is 1. The maximum absolute atomic E-state index is 13.5. The summed E-state index contributed by atoms with van der Waals surface area (Å²) in [5, 5.41) is 2.16. The van der Waals surface area contributed by atoms with Gasteiger partial charge in [-0.15, -0.1) is 0 Å². The molecule has 3 aromatic rings. The van der Waals surface area contributed by atoms with Crippen LogP contribution in [-0.2, 0) is 24.3 Å². The zero-order chi connectivity index (χ0) is 28.7. The Bertz CT molecular complexity index is 1170. The van der Waals surface area contributed by atoms with Crippen molar-refractivity contribution in [3.8, 4) is 0 Å². The smallest absolute Gasteiger partial charge is 0.411 e. The van der Waals surface area contributed by atoms with Gasteiger partial charge in [0, 0.05) is 18.2 Å². The molecule has 0 saturated heterocycles. The first kappa shape index (κ1) is 30.1. The predicted molar refractivity (Wildman–Crippen MR) is 158 cm³/mol. The van der Waals surface area contributed by atoms with Gasteiger partial charge >= 0.3 is 12.1 Å². The van der Waals surface area contributed by atoms with E-state index in [0.29, 0.717) is 18.7 Å². The molecule has 0 heterocycles. The van der Waals surface area contributed by atoms with Crippen LogP contribution < -0.4 is 10.4 Å². The minimum Gasteiger partial charge on any atom is -0.466 e. The summed E-state index contributed by atoms with van der Waals surface area (Å²) < 4.78 is 17.9.